The molecule has 2 aromatic heterocycles. The Bertz CT molecular complexity index is 1620. The van der Waals surface area contributed by atoms with Gasteiger partial charge < -0.3 is 14.2 Å². The van der Waals surface area contributed by atoms with Crippen LogP contribution in [0.25, 0.3) is 22.5 Å². The van der Waals surface area contributed by atoms with Gasteiger partial charge in [-0.2, -0.15) is 4.99 Å². The highest BCUT2D eigenvalue weighted by atomic mass is 16.7. The fraction of sp³-hybridized carbons (Fsp3) is 0.250. The van der Waals surface area contributed by atoms with E-state index in [4.69, 9.17) is 30.7 Å². The van der Waals surface area contributed by atoms with Crippen molar-refractivity contribution in [3.8, 4) is 22.7 Å². The van der Waals surface area contributed by atoms with Gasteiger partial charge in [-0.1, -0.05) is 68.5 Å². The van der Waals surface area contributed by atoms with Gasteiger partial charge >= 0.3 is 6.08 Å². The third-order valence-electron chi connectivity index (χ3n) is 6.61. The summed E-state index contributed by atoms with van der Waals surface area (Å²) in [7, 11) is 2.98. The summed E-state index contributed by atoms with van der Waals surface area (Å²) in [5.41, 5.74) is 17.2. The van der Waals surface area contributed by atoms with Crippen molar-refractivity contribution in [3.05, 3.63) is 112 Å². The molecule has 4 aromatic rings. The Morgan fingerprint density at radius 3 is 2.38 bits per heavy atom. The summed E-state index contributed by atoms with van der Waals surface area (Å²) in [6, 6.07) is 19.3. The van der Waals surface area contributed by atoms with Crippen LogP contribution in [0.5, 0.6) is 5.88 Å². The number of aliphatic imine (C=N–C) groups is 1. The van der Waals surface area contributed by atoms with Crippen molar-refractivity contribution in [1.29, 1.82) is 0 Å². The van der Waals surface area contributed by atoms with Crippen LogP contribution in [0.3, 0.4) is 0 Å². The van der Waals surface area contributed by atoms with Gasteiger partial charge in [-0.15, -0.1) is 0 Å². The van der Waals surface area contributed by atoms with Crippen LogP contribution in [0.1, 0.15) is 41.6 Å². The van der Waals surface area contributed by atoms with Gasteiger partial charge in [0.1, 0.15) is 5.82 Å². The molecule has 0 radical (unpaired) electrons. The summed E-state index contributed by atoms with van der Waals surface area (Å²) >= 11 is 0. The number of methoxy groups -OCH3 is 2. The first-order valence-electron chi connectivity index (χ1n) is 13.6. The summed E-state index contributed by atoms with van der Waals surface area (Å²) in [5, 5.41) is 0. The molecule has 0 amide bonds. The summed E-state index contributed by atoms with van der Waals surface area (Å²) in [6.45, 7) is 7.99. The number of ether oxygens (including phenoxy) is 3. The zero-order valence-corrected chi connectivity index (χ0v) is 24.3. The normalized spacial score (nSPS) is 10.8. The van der Waals surface area contributed by atoms with Gasteiger partial charge in [-0.25, -0.2) is 9.97 Å². The van der Waals surface area contributed by atoms with Crippen molar-refractivity contribution in [3.63, 3.8) is 0 Å². The van der Waals surface area contributed by atoms with Crippen molar-refractivity contribution in [1.82, 2.24) is 14.5 Å². The minimum Gasteiger partial charge on any atom is -0.454 e. The van der Waals surface area contributed by atoms with E-state index in [1.165, 1.54) is 14.2 Å². The van der Waals surface area contributed by atoms with E-state index in [9.17, 15) is 4.79 Å². The van der Waals surface area contributed by atoms with E-state index in [-0.39, 0.29) is 17.5 Å². The third kappa shape index (κ3) is 6.91. The number of aryl methyl sites for hydroxylation is 2. The molecule has 0 bridgehead atoms. The smallest absolute Gasteiger partial charge is 0.388 e. The molecule has 0 aliphatic carbocycles. The van der Waals surface area contributed by atoms with Gasteiger partial charge in [0.2, 0.25) is 12.2 Å². The summed E-state index contributed by atoms with van der Waals surface area (Å²) < 4.78 is 17.0. The van der Waals surface area contributed by atoms with Crippen LogP contribution in [0, 0.1) is 6.92 Å². The van der Waals surface area contributed by atoms with E-state index in [1.807, 2.05) is 55.5 Å². The molecule has 0 atom stereocenters. The highest BCUT2D eigenvalue weighted by Gasteiger charge is 2.17. The van der Waals surface area contributed by atoms with E-state index in [2.05, 4.69) is 23.5 Å². The third-order valence-corrected chi connectivity index (χ3v) is 6.61. The Morgan fingerprint density at radius 2 is 1.76 bits per heavy atom. The van der Waals surface area contributed by atoms with Gasteiger partial charge in [-0.05, 0) is 36.1 Å². The van der Waals surface area contributed by atoms with Crippen molar-refractivity contribution < 1.29 is 14.2 Å². The van der Waals surface area contributed by atoms with Crippen molar-refractivity contribution >= 4 is 11.8 Å². The second-order valence-electron chi connectivity index (χ2n) is 9.56. The maximum atomic E-state index is 13.9. The predicted octanol–water partition coefficient (Wildman–Crippen LogP) is 4.35. The number of nitrogens with two attached hydrogens (primary N) is 2. The standard InChI is InChI=1S/C32H36N6O4/c1-6-9-28-27(30(39)38(21(3)37-28)24-16-17-29(35-19-24)42-31(33)34)18-22-12-14-23(15-13-22)26-11-8-7-10-25(26)20(2)36-32(40-4)41-5/h7-8,10-17,19,31H,2,6,9,18,33-34H2,1,3-5H3. The average Bonchev–Trinajstić information content (AvgIpc) is 2.98. The van der Waals surface area contributed by atoms with Crippen LogP contribution in [-0.2, 0) is 22.3 Å². The van der Waals surface area contributed by atoms with Crippen molar-refractivity contribution in [2.45, 2.75) is 39.5 Å². The molecular weight excluding hydrogens is 532 g/mol. The lowest BCUT2D eigenvalue weighted by molar-refractivity contribution is 0.208. The molecule has 0 aliphatic heterocycles. The molecule has 2 heterocycles. The number of pyridine rings is 1. The predicted molar refractivity (Wildman–Crippen MR) is 164 cm³/mol. The van der Waals surface area contributed by atoms with Crippen LogP contribution in [0.2, 0.25) is 0 Å². The second kappa shape index (κ2) is 13.7. The fourth-order valence-electron chi connectivity index (χ4n) is 4.70. The van der Waals surface area contributed by atoms with Crippen LogP contribution in [0.15, 0.2) is 83.2 Å². The topological polar surface area (TPSA) is 140 Å². The molecule has 218 valence electrons. The number of benzene rings is 2. The fourth-order valence-corrected chi connectivity index (χ4v) is 4.70. The van der Waals surface area contributed by atoms with Crippen molar-refractivity contribution in [2.24, 2.45) is 16.5 Å². The maximum Gasteiger partial charge on any atom is 0.388 e. The molecule has 10 heteroatoms. The molecule has 10 nitrogen and oxygen atoms in total. The molecule has 4 rings (SSSR count). The number of hydrogen-bond acceptors (Lipinski definition) is 9. The summed E-state index contributed by atoms with van der Waals surface area (Å²) in [6.07, 6.45) is 2.69. The van der Waals surface area contributed by atoms with Crippen LogP contribution >= 0.6 is 0 Å². The molecule has 4 N–H and O–H groups in total. The second-order valence-corrected chi connectivity index (χ2v) is 9.56. The highest BCUT2D eigenvalue weighted by molar-refractivity contribution is 5.84. The molecule has 0 spiro atoms. The number of nitrogens with zero attached hydrogens (tertiary/aromatic N) is 4. The number of aromatic nitrogens is 3. The van der Waals surface area contributed by atoms with Gasteiger partial charge in [0.25, 0.3) is 5.56 Å². The Hall–Kier alpha value is -4.80. The quantitative estimate of drug-likeness (QED) is 0.164. The summed E-state index contributed by atoms with van der Waals surface area (Å²) in [4.78, 5) is 27.3. The van der Waals surface area contributed by atoms with Gasteiger partial charge in [0.05, 0.1) is 37.5 Å². The van der Waals surface area contributed by atoms with Crippen LogP contribution in [0.4, 0.5) is 0 Å². The molecule has 0 saturated heterocycles. The lowest BCUT2D eigenvalue weighted by Gasteiger charge is -2.16. The van der Waals surface area contributed by atoms with Crippen LogP contribution < -0.4 is 21.8 Å². The number of rotatable bonds is 10. The zero-order valence-electron chi connectivity index (χ0n) is 24.3. The van der Waals surface area contributed by atoms with E-state index in [0.29, 0.717) is 35.6 Å². The van der Waals surface area contributed by atoms with E-state index in [0.717, 1.165) is 34.4 Å². The Morgan fingerprint density at radius 1 is 1.05 bits per heavy atom. The molecule has 42 heavy (non-hydrogen) atoms. The van der Waals surface area contributed by atoms with Crippen LogP contribution in [-0.4, -0.2) is 41.2 Å². The first kappa shape index (κ1) is 30.2. The van der Waals surface area contributed by atoms with Gasteiger partial charge in [0.15, 0.2) is 0 Å². The maximum absolute atomic E-state index is 13.9. The molecular formula is C32H36N6O4. The largest absolute Gasteiger partial charge is 0.454 e. The minimum atomic E-state index is -0.985. The molecule has 0 aliphatic rings. The first-order chi connectivity index (χ1) is 20.2. The molecule has 0 unspecified atom stereocenters. The van der Waals surface area contributed by atoms with E-state index < -0.39 is 6.35 Å². The first-order valence-corrected chi connectivity index (χ1v) is 13.6. The van der Waals surface area contributed by atoms with E-state index in [1.54, 1.807) is 22.9 Å². The Labute approximate surface area is 245 Å². The lowest BCUT2D eigenvalue weighted by Crippen LogP contribution is -2.36. The number of hydrogen-bond donors (Lipinski definition) is 2. The minimum absolute atomic E-state index is 0.130. The SMILES string of the molecule is C=C(N=C(OC)OC)c1ccccc1-c1ccc(Cc2c(CCC)nc(C)n(-c3ccc(OC(N)N)nc3)c2=O)cc1. The van der Waals surface area contributed by atoms with E-state index >= 15 is 0 Å². The Balaban J connectivity index is 1.67. The zero-order chi connectivity index (χ0) is 30.2. The van der Waals surface area contributed by atoms with Crippen molar-refractivity contribution in [2.75, 3.05) is 14.2 Å². The molecule has 0 saturated carbocycles. The molecule has 0 fully saturated rings. The monoisotopic (exact) mass is 568 g/mol. The average molecular weight is 569 g/mol. The van der Waals surface area contributed by atoms with Gasteiger partial charge in [0, 0.05) is 23.6 Å². The lowest BCUT2D eigenvalue weighted by atomic mass is 9.95. The highest BCUT2D eigenvalue weighted by Crippen LogP contribution is 2.29. The Kier molecular flexibility index (Phi) is 9.85. The molecule has 2 aromatic carbocycles. The summed E-state index contributed by atoms with van der Waals surface area (Å²) in [5.74, 6) is 0.850. The van der Waals surface area contributed by atoms with Gasteiger partial charge in [-0.3, -0.25) is 20.8 Å².